The molecule has 7 nitrogen and oxygen atoms in total. The molecule has 3 rings (SSSR count). The summed E-state index contributed by atoms with van der Waals surface area (Å²) < 4.78 is 15.0. The second kappa shape index (κ2) is 7.84. The minimum absolute atomic E-state index is 0.130. The lowest BCUT2D eigenvalue weighted by atomic mass is 10.2. The largest absolute Gasteiger partial charge is 0.339 e. The first-order valence-corrected chi connectivity index (χ1v) is 8.54. The molecule has 0 atom stereocenters. The van der Waals surface area contributed by atoms with E-state index >= 15 is 0 Å². The number of aromatic amines is 1. The first-order chi connectivity index (χ1) is 12.4. The molecule has 0 unspecified atom stereocenters. The number of nitrogens with one attached hydrogen (secondary N) is 1. The molecule has 0 spiro atoms. The van der Waals surface area contributed by atoms with Gasteiger partial charge >= 0.3 is 5.69 Å². The smallest absolute Gasteiger partial charge is 0.328 e. The SMILES string of the molecule is O=C(Cn1ccc(=O)[nH]c1=O)N1CCN(Cc2c(F)cccc2Cl)CC1. The molecule has 0 aliphatic carbocycles. The molecule has 9 heteroatoms. The van der Waals surface area contributed by atoms with E-state index in [1.165, 1.54) is 18.3 Å². The Morgan fingerprint density at radius 1 is 1.15 bits per heavy atom. The Morgan fingerprint density at radius 2 is 1.88 bits per heavy atom. The Morgan fingerprint density at radius 3 is 2.54 bits per heavy atom. The van der Waals surface area contributed by atoms with Gasteiger partial charge in [-0.15, -0.1) is 0 Å². The van der Waals surface area contributed by atoms with E-state index in [4.69, 9.17) is 11.6 Å². The number of H-pyrrole nitrogens is 1. The van der Waals surface area contributed by atoms with Crippen LogP contribution < -0.4 is 11.2 Å². The van der Waals surface area contributed by atoms with Gasteiger partial charge in [-0.25, -0.2) is 9.18 Å². The average molecular weight is 381 g/mol. The number of rotatable bonds is 4. The summed E-state index contributed by atoms with van der Waals surface area (Å²) in [7, 11) is 0. The summed E-state index contributed by atoms with van der Waals surface area (Å²) in [6.07, 6.45) is 1.30. The molecule has 2 aromatic rings. The lowest BCUT2D eigenvalue weighted by molar-refractivity contribution is -0.133. The monoisotopic (exact) mass is 380 g/mol. The molecule has 1 aliphatic heterocycles. The number of aromatic nitrogens is 2. The average Bonchev–Trinajstić information content (AvgIpc) is 2.61. The molecule has 1 fully saturated rings. The van der Waals surface area contributed by atoms with Gasteiger partial charge in [-0.05, 0) is 12.1 Å². The van der Waals surface area contributed by atoms with Crippen LogP contribution in [0.2, 0.25) is 5.02 Å². The van der Waals surface area contributed by atoms with Gasteiger partial charge < -0.3 is 4.90 Å². The zero-order chi connectivity index (χ0) is 18.7. The van der Waals surface area contributed by atoms with Crippen molar-refractivity contribution >= 4 is 17.5 Å². The maximum absolute atomic E-state index is 13.9. The molecule has 1 amide bonds. The van der Waals surface area contributed by atoms with Crippen LogP contribution >= 0.6 is 11.6 Å². The molecule has 1 aromatic carbocycles. The highest BCUT2D eigenvalue weighted by Crippen LogP contribution is 2.21. The molecule has 1 aliphatic rings. The highest BCUT2D eigenvalue weighted by molar-refractivity contribution is 6.31. The van der Waals surface area contributed by atoms with E-state index in [0.717, 1.165) is 4.57 Å². The Hall–Kier alpha value is -2.45. The van der Waals surface area contributed by atoms with E-state index in [0.29, 0.717) is 43.3 Å². The molecule has 1 saturated heterocycles. The van der Waals surface area contributed by atoms with Crippen molar-refractivity contribution < 1.29 is 9.18 Å². The molecule has 138 valence electrons. The number of nitrogens with zero attached hydrogens (tertiary/aromatic N) is 3. The molecule has 1 aromatic heterocycles. The predicted molar refractivity (Wildman–Crippen MR) is 94.6 cm³/mol. The zero-order valence-corrected chi connectivity index (χ0v) is 14.7. The highest BCUT2D eigenvalue weighted by Gasteiger charge is 2.22. The van der Waals surface area contributed by atoms with Gasteiger partial charge in [0.2, 0.25) is 5.91 Å². The predicted octanol–water partition coefficient (Wildman–Crippen LogP) is 0.674. The normalized spacial score (nSPS) is 15.2. The summed E-state index contributed by atoms with van der Waals surface area (Å²) in [5.74, 6) is -0.545. The molecule has 0 radical (unpaired) electrons. The second-order valence-corrected chi connectivity index (χ2v) is 6.50. The summed E-state index contributed by atoms with van der Waals surface area (Å²) in [6, 6.07) is 5.80. The molecule has 26 heavy (non-hydrogen) atoms. The number of amides is 1. The third-order valence-corrected chi connectivity index (χ3v) is 4.72. The van der Waals surface area contributed by atoms with Crippen molar-refractivity contribution in [3.05, 3.63) is 67.7 Å². The summed E-state index contributed by atoms with van der Waals surface area (Å²) in [5.41, 5.74) is -0.661. The topological polar surface area (TPSA) is 78.4 Å². The van der Waals surface area contributed by atoms with E-state index < -0.39 is 11.2 Å². The van der Waals surface area contributed by atoms with Gasteiger partial charge in [-0.3, -0.25) is 24.0 Å². The van der Waals surface area contributed by atoms with Crippen molar-refractivity contribution in [2.45, 2.75) is 13.1 Å². The van der Waals surface area contributed by atoms with Gasteiger partial charge in [0.1, 0.15) is 12.4 Å². The van der Waals surface area contributed by atoms with Crippen LogP contribution in [0.25, 0.3) is 0 Å². The Bertz CT molecular complexity index is 898. The summed E-state index contributed by atoms with van der Waals surface area (Å²) in [5, 5.41) is 0.390. The second-order valence-electron chi connectivity index (χ2n) is 6.10. The lowest BCUT2D eigenvalue weighted by Gasteiger charge is -2.35. The van der Waals surface area contributed by atoms with Crippen molar-refractivity contribution in [3.63, 3.8) is 0 Å². The summed E-state index contributed by atoms with van der Waals surface area (Å²) in [6.45, 7) is 2.36. The minimum atomic E-state index is -0.612. The Balaban J connectivity index is 1.57. The van der Waals surface area contributed by atoms with Gasteiger partial charge in [-0.2, -0.15) is 0 Å². The van der Waals surface area contributed by atoms with Gasteiger partial charge in [0.05, 0.1) is 0 Å². The number of halogens is 2. The van der Waals surface area contributed by atoms with Crippen molar-refractivity contribution in [1.82, 2.24) is 19.4 Å². The fourth-order valence-corrected chi connectivity index (χ4v) is 3.10. The summed E-state index contributed by atoms with van der Waals surface area (Å²) >= 11 is 6.06. The Labute approximate surface area is 153 Å². The van der Waals surface area contributed by atoms with Gasteiger partial charge in [0.15, 0.2) is 0 Å². The molecular formula is C17H18ClFN4O3. The first-order valence-electron chi connectivity index (χ1n) is 8.17. The first kappa shape index (κ1) is 18.3. The van der Waals surface area contributed by atoms with Crippen LogP contribution in [0.15, 0.2) is 40.1 Å². The van der Waals surface area contributed by atoms with Crippen molar-refractivity contribution in [2.24, 2.45) is 0 Å². The van der Waals surface area contributed by atoms with E-state index in [1.807, 2.05) is 4.90 Å². The number of carbonyl (C=O) groups excluding carboxylic acids is 1. The third-order valence-electron chi connectivity index (χ3n) is 4.37. The number of benzene rings is 1. The molecule has 1 N–H and O–H groups in total. The van der Waals surface area contributed by atoms with Crippen LogP contribution in [0.5, 0.6) is 0 Å². The van der Waals surface area contributed by atoms with Crippen molar-refractivity contribution in [1.29, 1.82) is 0 Å². The number of carbonyl (C=O) groups is 1. The van der Waals surface area contributed by atoms with Crippen LogP contribution in [0.4, 0.5) is 4.39 Å². The van der Waals surface area contributed by atoms with E-state index in [2.05, 4.69) is 4.98 Å². The number of hydrogen-bond donors (Lipinski definition) is 1. The number of hydrogen-bond acceptors (Lipinski definition) is 4. The van der Waals surface area contributed by atoms with E-state index in [9.17, 15) is 18.8 Å². The maximum atomic E-state index is 13.9. The fraction of sp³-hybridized carbons (Fsp3) is 0.353. The van der Waals surface area contributed by atoms with Gasteiger partial charge in [0, 0.05) is 55.6 Å². The molecule has 0 bridgehead atoms. The van der Waals surface area contributed by atoms with Crippen LogP contribution in [0, 0.1) is 5.82 Å². The summed E-state index contributed by atoms with van der Waals surface area (Å²) in [4.78, 5) is 40.9. The van der Waals surface area contributed by atoms with Crippen LogP contribution in [0.3, 0.4) is 0 Å². The van der Waals surface area contributed by atoms with Gasteiger partial charge in [-0.1, -0.05) is 17.7 Å². The van der Waals surface area contributed by atoms with Gasteiger partial charge in [0.25, 0.3) is 5.56 Å². The standard InChI is InChI=1S/C17H18ClFN4O3/c18-13-2-1-3-14(19)12(13)10-21-6-8-22(9-7-21)16(25)11-23-5-4-15(24)20-17(23)26/h1-5H,6-11H2,(H,20,24,26). The van der Waals surface area contributed by atoms with E-state index in [-0.39, 0.29) is 18.3 Å². The Kier molecular flexibility index (Phi) is 5.53. The van der Waals surface area contributed by atoms with Crippen molar-refractivity contribution in [2.75, 3.05) is 26.2 Å². The third kappa shape index (κ3) is 4.20. The molecular weight excluding hydrogens is 363 g/mol. The zero-order valence-electron chi connectivity index (χ0n) is 14.0. The van der Waals surface area contributed by atoms with Crippen molar-refractivity contribution in [3.8, 4) is 0 Å². The van der Waals surface area contributed by atoms with E-state index in [1.54, 1.807) is 17.0 Å². The minimum Gasteiger partial charge on any atom is -0.339 e. The highest BCUT2D eigenvalue weighted by atomic mass is 35.5. The molecule has 0 saturated carbocycles. The van der Waals surface area contributed by atoms with Crippen LogP contribution in [-0.4, -0.2) is 51.4 Å². The van der Waals surface area contributed by atoms with Crippen LogP contribution in [-0.2, 0) is 17.9 Å². The maximum Gasteiger partial charge on any atom is 0.328 e. The lowest BCUT2D eigenvalue weighted by Crippen LogP contribution is -2.49. The molecule has 2 heterocycles. The fourth-order valence-electron chi connectivity index (χ4n) is 2.88. The quantitative estimate of drug-likeness (QED) is 0.845. The number of piperazine rings is 1. The van der Waals surface area contributed by atoms with Crippen LogP contribution in [0.1, 0.15) is 5.56 Å².